The van der Waals surface area contributed by atoms with Crippen LogP contribution in [-0.2, 0) is 20.9 Å². The van der Waals surface area contributed by atoms with E-state index in [2.05, 4.69) is 5.32 Å². The summed E-state index contributed by atoms with van der Waals surface area (Å²) in [5, 5.41) is 3.91. The lowest BCUT2D eigenvalue weighted by Crippen LogP contribution is -2.34. The third kappa shape index (κ3) is 4.62. The van der Waals surface area contributed by atoms with Gasteiger partial charge in [0.1, 0.15) is 18.1 Å². The highest BCUT2D eigenvalue weighted by Crippen LogP contribution is 2.43. The van der Waals surface area contributed by atoms with Crippen molar-refractivity contribution in [2.75, 3.05) is 14.2 Å². The number of methoxy groups -OCH3 is 2. The first-order valence-electron chi connectivity index (χ1n) is 10.8. The van der Waals surface area contributed by atoms with E-state index >= 15 is 0 Å². The smallest absolute Gasteiger partial charge is 0.336 e. The standard InChI is InChI=1S/C26H26ClNO5/c1-15-23(26(30)32-3)24(25-20(28-15)5-4-6-21(25)29)16-7-12-22(31-2)17(13-16)14-33-19-10-8-18(27)9-11-19/h7-13,24,28H,4-6,14H2,1-3H3/t24-/m0/s1. The number of carbonyl (C=O) groups is 2. The Morgan fingerprint density at radius 1 is 1.12 bits per heavy atom. The minimum atomic E-state index is -0.512. The van der Waals surface area contributed by atoms with Crippen LogP contribution in [0.15, 0.2) is 65.0 Å². The molecular formula is C26H26ClNO5. The fraction of sp³-hybridized carbons (Fsp3) is 0.308. The maximum atomic E-state index is 13.0. The molecule has 7 heteroatoms. The third-order valence-electron chi connectivity index (χ3n) is 6.03. The second-order valence-electron chi connectivity index (χ2n) is 8.07. The van der Waals surface area contributed by atoms with Crippen LogP contribution in [0.2, 0.25) is 5.02 Å². The molecule has 1 atom stereocenters. The molecule has 1 aliphatic carbocycles. The third-order valence-corrected chi connectivity index (χ3v) is 6.28. The van der Waals surface area contributed by atoms with E-state index in [-0.39, 0.29) is 12.4 Å². The summed E-state index contributed by atoms with van der Waals surface area (Å²) in [4.78, 5) is 25.8. The van der Waals surface area contributed by atoms with Crippen molar-refractivity contribution in [1.29, 1.82) is 0 Å². The Labute approximate surface area is 198 Å². The SMILES string of the molecule is COC(=O)C1=C(C)NC2=C(C(=O)CCC2)[C@H]1c1ccc(OC)c(COc2ccc(Cl)cc2)c1. The molecule has 6 nitrogen and oxygen atoms in total. The number of hydrogen-bond donors (Lipinski definition) is 1. The molecule has 0 saturated heterocycles. The van der Waals surface area contributed by atoms with Crippen molar-refractivity contribution >= 4 is 23.4 Å². The number of hydrogen-bond acceptors (Lipinski definition) is 6. The van der Waals surface area contributed by atoms with Crippen molar-refractivity contribution in [1.82, 2.24) is 5.32 Å². The molecule has 0 unspecified atom stereocenters. The molecule has 172 valence electrons. The van der Waals surface area contributed by atoms with E-state index in [4.69, 9.17) is 25.8 Å². The normalized spacial score (nSPS) is 17.9. The average molecular weight is 468 g/mol. The predicted octanol–water partition coefficient (Wildman–Crippen LogP) is 5.07. The van der Waals surface area contributed by atoms with Gasteiger partial charge in [-0.3, -0.25) is 4.79 Å². The van der Waals surface area contributed by atoms with Crippen molar-refractivity contribution < 1.29 is 23.8 Å². The van der Waals surface area contributed by atoms with Crippen molar-refractivity contribution in [3.05, 3.63) is 81.2 Å². The van der Waals surface area contributed by atoms with Gasteiger partial charge in [0, 0.05) is 39.9 Å². The number of halogens is 1. The highest BCUT2D eigenvalue weighted by molar-refractivity contribution is 6.30. The number of ketones is 1. The van der Waals surface area contributed by atoms with Crippen molar-refractivity contribution in [3.63, 3.8) is 0 Å². The minimum absolute atomic E-state index is 0.0532. The lowest BCUT2D eigenvalue weighted by Gasteiger charge is -2.34. The topological polar surface area (TPSA) is 73.9 Å². The fourth-order valence-corrected chi connectivity index (χ4v) is 4.61. The van der Waals surface area contributed by atoms with Crippen LogP contribution in [0.5, 0.6) is 11.5 Å². The second kappa shape index (κ2) is 9.71. The molecule has 0 amide bonds. The molecule has 1 aliphatic heterocycles. The summed E-state index contributed by atoms with van der Waals surface area (Å²) >= 11 is 5.96. The molecule has 0 saturated carbocycles. The maximum absolute atomic E-state index is 13.0. The van der Waals surface area contributed by atoms with E-state index in [1.165, 1.54) is 7.11 Å². The van der Waals surface area contributed by atoms with Gasteiger partial charge >= 0.3 is 5.97 Å². The summed E-state index contributed by atoms with van der Waals surface area (Å²) in [6, 6.07) is 12.8. The number of dihydropyridines is 1. The quantitative estimate of drug-likeness (QED) is 0.598. The number of carbonyl (C=O) groups excluding carboxylic acids is 2. The van der Waals surface area contributed by atoms with E-state index in [0.29, 0.717) is 39.8 Å². The van der Waals surface area contributed by atoms with Gasteiger partial charge in [0.05, 0.1) is 19.8 Å². The Kier molecular flexibility index (Phi) is 6.75. The largest absolute Gasteiger partial charge is 0.496 e. The molecule has 2 aromatic carbocycles. The maximum Gasteiger partial charge on any atom is 0.336 e. The summed E-state index contributed by atoms with van der Waals surface area (Å²) in [6.07, 6.45) is 2.03. The lowest BCUT2D eigenvalue weighted by molar-refractivity contribution is -0.136. The van der Waals surface area contributed by atoms with E-state index < -0.39 is 11.9 Å². The van der Waals surface area contributed by atoms with Crippen molar-refractivity contribution in [3.8, 4) is 11.5 Å². The van der Waals surface area contributed by atoms with Crippen LogP contribution < -0.4 is 14.8 Å². The number of nitrogens with one attached hydrogen (secondary N) is 1. The lowest BCUT2D eigenvalue weighted by atomic mass is 9.75. The Morgan fingerprint density at radius 2 is 1.88 bits per heavy atom. The Bertz CT molecular complexity index is 1150. The summed E-state index contributed by atoms with van der Waals surface area (Å²) in [7, 11) is 2.95. The number of rotatable bonds is 6. The summed E-state index contributed by atoms with van der Waals surface area (Å²) < 4.78 is 16.6. The predicted molar refractivity (Wildman–Crippen MR) is 125 cm³/mol. The zero-order chi connectivity index (χ0) is 23.5. The van der Waals surface area contributed by atoms with Gasteiger partial charge in [-0.15, -0.1) is 0 Å². The molecule has 4 rings (SSSR count). The molecule has 0 radical (unpaired) electrons. The number of benzene rings is 2. The second-order valence-corrected chi connectivity index (χ2v) is 8.51. The van der Waals surface area contributed by atoms with Crippen LogP contribution in [0.3, 0.4) is 0 Å². The first-order valence-corrected chi connectivity index (χ1v) is 11.2. The summed E-state index contributed by atoms with van der Waals surface area (Å²) in [5.74, 6) is 0.419. The van der Waals surface area contributed by atoms with Gasteiger partial charge in [-0.1, -0.05) is 17.7 Å². The first kappa shape index (κ1) is 22.9. The zero-order valence-electron chi connectivity index (χ0n) is 18.9. The van der Waals surface area contributed by atoms with Crippen molar-refractivity contribution in [2.24, 2.45) is 0 Å². The van der Waals surface area contributed by atoms with Gasteiger partial charge in [-0.2, -0.15) is 0 Å². The average Bonchev–Trinajstić information content (AvgIpc) is 2.82. The molecule has 0 fully saturated rings. The Morgan fingerprint density at radius 3 is 2.58 bits per heavy atom. The van der Waals surface area contributed by atoms with Crippen molar-refractivity contribution in [2.45, 2.75) is 38.7 Å². The molecule has 0 aromatic heterocycles. The van der Waals surface area contributed by atoms with Crippen LogP contribution in [-0.4, -0.2) is 26.0 Å². The molecule has 33 heavy (non-hydrogen) atoms. The molecule has 0 spiro atoms. The minimum Gasteiger partial charge on any atom is -0.496 e. The molecule has 2 aliphatic rings. The zero-order valence-corrected chi connectivity index (χ0v) is 19.6. The van der Waals surface area contributed by atoms with E-state index in [0.717, 1.165) is 29.7 Å². The number of esters is 1. The van der Waals surface area contributed by atoms with Crippen LogP contribution in [0.25, 0.3) is 0 Å². The van der Waals surface area contributed by atoms with Crippen LogP contribution in [0.1, 0.15) is 43.2 Å². The highest BCUT2D eigenvalue weighted by atomic mass is 35.5. The number of allylic oxidation sites excluding steroid dienone is 3. The molecule has 1 N–H and O–H groups in total. The first-order chi connectivity index (χ1) is 15.9. The molecule has 2 aromatic rings. The van der Waals surface area contributed by atoms with E-state index in [1.807, 2.05) is 25.1 Å². The monoisotopic (exact) mass is 467 g/mol. The van der Waals surface area contributed by atoms with Gasteiger partial charge in [0.25, 0.3) is 0 Å². The Hall–Kier alpha value is -3.25. The number of ether oxygens (including phenoxy) is 3. The van der Waals surface area contributed by atoms with Gasteiger partial charge in [0.15, 0.2) is 5.78 Å². The van der Waals surface area contributed by atoms with Gasteiger partial charge in [-0.25, -0.2) is 4.79 Å². The van der Waals surface area contributed by atoms with Gasteiger partial charge in [-0.05, 0) is 61.7 Å². The molecule has 1 heterocycles. The van der Waals surface area contributed by atoms with Gasteiger partial charge in [0.2, 0.25) is 0 Å². The van der Waals surface area contributed by atoms with E-state index in [9.17, 15) is 9.59 Å². The fourth-order valence-electron chi connectivity index (χ4n) is 4.48. The highest BCUT2D eigenvalue weighted by Gasteiger charge is 2.39. The molecule has 0 bridgehead atoms. The van der Waals surface area contributed by atoms with Gasteiger partial charge < -0.3 is 19.5 Å². The van der Waals surface area contributed by atoms with Crippen LogP contribution in [0, 0.1) is 0 Å². The summed E-state index contributed by atoms with van der Waals surface area (Å²) in [5.41, 5.74) is 4.29. The van der Waals surface area contributed by atoms with Crippen LogP contribution in [0.4, 0.5) is 0 Å². The number of Topliss-reactive ketones (excluding diaryl/α,β-unsaturated/α-hetero) is 1. The van der Waals surface area contributed by atoms with Crippen LogP contribution >= 0.6 is 11.6 Å². The molecular weight excluding hydrogens is 442 g/mol. The summed E-state index contributed by atoms with van der Waals surface area (Å²) in [6.45, 7) is 2.09. The van der Waals surface area contributed by atoms with E-state index in [1.54, 1.807) is 31.4 Å². The Balaban J connectivity index is 1.75.